The summed E-state index contributed by atoms with van der Waals surface area (Å²) in [6.07, 6.45) is 9.31. The minimum absolute atomic E-state index is 0. The van der Waals surface area contributed by atoms with E-state index in [-0.39, 0.29) is 200 Å². The van der Waals surface area contributed by atoms with Gasteiger partial charge in [0.1, 0.15) is 46.1 Å². The van der Waals surface area contributed by atoms with Gasteiger partial charge < -0.3 is 75.4 Å². The number of ether oxygens (including phenoxy) is 1. The van der Waals surface area contributed by atoms with Crippen LogP contribution in [-0.4, -0.2) is 63.8 Å². The number of rotatable bonds is 3. The van der Waals surface area contributed by atoms with Gasteiger partial charge in [-0.3, -0.25) is 9.59 Å². The van der Waals surface area contributed by atoms with E-state index in [1.807, 2.05) is 133 Å². The Morgan fingerprint density at radius 2 is 1.04 bits per heavy atom. The van der Waals surface area contributed by atoms with Crippen LogP contribution in [0.3, 0.4) is 0 Å². The van der Waals surface area contributed by atoms with Crippen LogP contribution in [0.1, 0.15) is 135 Å². The maximum absolute atomic E-state index is 11.0. The summed E-state index contributed by atoms with van der Waals surface area (Å²) >= 11 is 1.93. The quantitative estimate of drug-likeness (QED) is 0.0361. The summed E-state index contributed by atoms with van der Waals surface area (Å²) in [6, 6.07) is 8.77. The van der Waals surface area contributed by atoms with Gasteiger partial charge in [0.05, 0.1) is 21.1 Å². The Morgan fingerprint density at radius 1 is 0.625 bits per heavy atom. The number of H-pyrrole nitrogens is 1. The number of pyridine rings is 5. The number of hydrogen-bond acceptors (Lipinski definition) is 14. The molecule has 5 aromatic heterocycles. The van der Waals surface area contributed by atoms with Crippen molar-refractivity contribution in [2.24, 2.45) is 0 Å². The summed E-state index contributed by atoms with van der Waals surface area (Å²) in [5.74, 6) is 0.987. The molecule has 22 heteroatoms. The number of carbonyl (C=O) groups is 2. The normalized spacial score (nSPS) is 8.28. The van der Waals surface area contributed by atoms with Crippen LogP contribution in [0.15, 0.2) is 72.1 Å². The molecule has 1 aliphatic rings. The Bertz CT molecular complexity index is 1980. The van der Waals surface area contributed by atoms with Crippen molar-refractivity contribution >= 4 is 69.0 Å². The van der Waals surface area contributed by atoms with Crippen LogP contribution in [0.2, 0.25) is 0 Å². The number of esters is 1. The summed E-state index contributed by atoms with van der Waals surface area (Å²) in [6.45, 7) is 34.0. The molecule has 4 radical (unpaired) electrons. The van der Waals surface area contributed by atoms with Gasteiger partial charge in [-0.2, -0.15) is 0 Å². The molecule has 406 valence electrons. The first-order valence-corrected chi connectivity index (χ1v) is 23.0. The average molecular weight is 1430 g/mol. The van der Waals surface area contributed by atoms with E-state index in [1.165, 1.54) is 73.3 Å². The van der Waals surface area contributed by atoms with Gasteiger partial charge in [0.2, 0.25) is 11.5 Å². The minimum atomic E-state index is -0.486. The summed E-state index contributed by atoms with van der Waals surface area (Å²) in [5.41, 5.74) is 12.1. The van der Waals surface area contributed by atoms with Crippen molar-refractivity contribution in [1.29, 1.82) is 0 Å². The van der Waals surface area contributed by atoms with Gasteiger partial charge in [-0.1, -0.05) is 111 Å². The number of nitrogens with zero attached hydrogens (tertiary/aromatic N) is 4. The summed E-state index contributed by atoms with van der Waals surface area (Å²) in [7, 11) is 0. The van der Waals surface area contributed by atoms with Crippen LogP contribution in [0.25, 0.3) is 23.3 Å². The molecule has 0 saturated heterocycles. The number of amides is 1. The Hall–Kier alpha value is -1.60. The van der Waals surface area contributed by atoms with Crippen molar-refractivity contribution in [2.75, 3.05) is 23.4 Å². The molecular formula is C50H90IN9O8Y4-4. The third-order valence-corrected chi connectivity index (χ3v) is 7.17. The number of nitrogens with two attached hydrogens (primary N) is 3. The summed E-state index contributed by atoms with van der Waals surface area (Å²) in [5, 5.41) is 40.2. The maximum Gasteiger partial charge on any atom is 0.330 e. The number of nitrogen functional groups attached to an aromatic ring is 2. The van der Waals surface area contributed by atoms with Crippen molar-refractivity contribution < 1.29 is 166 Å². The van der Waals surface area contributed by atoms with Crippen molar-refractivity contribution in [3.05, 3.63) is 121 Å². The van der Waals surface area contributed by atoms with Crippen LogP contribution in [0, 0.1) is 25.9 Å². The molecule has 1 amide bonds. The van der Waals surface area contributed by atoms with Crippen molar-refractivity contribution in [3.8, 4) is 23.0 Å². The van der Waals surface area contributed by atoms with Gasteiger partial charge in [-0.15, -0.1) is 0 Å². The Kier molecular flexibility index (Phi) is 112. The molecule has 0 atom stereocenters. The van der Waals surface area contributed by atoms with Gasteiger partial charge in [0, 0.05) is 180 Å². The van der Waals surface area contributed by atoms with Crippen LogP contribution in [-0.2, 0) is 152 Å². The van der Waals surface area contributed by atoms with E-state index >= 15 is 0 Å². The van der Waals surface area contributed by atoms with Crippen LogP contribution < -0.4 is 22.3 Å². The molecule has 5 aromatic rings. The zero-order chi connectivity index (χ0) is 51.2. The van der Waals surface area contributed by atoms with Crippen LogP contribution in [0.5, 0.6) is 23.0 Å². The van der Waals surface area contributed by atoms with Gasteiger partial charge in [-0.05, 0) is 72.3 Å². The van der Waals surface area contributed by atoms with Gasteiger partial charge in [0.25, 0.3) is 0 Å². The minimum Gasteiger partial charge on any atom is -0.693 e. The number of fused-ring (bicyclic) bond motifs is 2. The molecule has 0 fully saturated rings. The topological polar surface area (TPSA) is 306 Å². The first-order chi connectivity index (χ1) is 30.9. The molecule has 6 rings (SSSR count). The van der Waals surface area contributed by atoms with Gasteiger partial charge >= 0.3 is 5.97 Å². The largest absolute Gasteiger partial charge is 0.693 e. The first kappa shape index (κ1) is 107. The predicted molar refractivity (Wildman–Crippen MR) is 301 cm³/mol. The van der Waals surface area contributed by atoms with Crippen molar-refractivity contribution in [1.82, 2.24) is 24.9 Å². The monoisotopic (exact) mass is 1430 g/mol. The zero-order valence-electron chi connectivity index (χ0n) is 47.2. The predicted octanol–water partition coefficient (Wildman–Crippen LogP) is 13.5. The second-order valence-electron chi connectivity index (χ2n) is 9.36. The van der Waals surface area contributed by atoms with Gasteiger partial charge in [-0.25, -0.2) is 24.7 Å². The Morgan fingerprint density at radius 3 is 1.49 bits per heavy atom. The van der Waals surface area contributed by atoms with E-state index in [9.17, 15) is 29.7 Å². The third-order valence-electron chi connectivity index (χ3n) is 6.07. The van der Waals surface area contributed by atoms with E-state index < -0.39 is 5.97 Å². The number of anilines is 3. The molecule has 0 aromatic carbocycles. The van der Waals surface area contributed by atoms with E-state index in [2.05, 4.69) is 35.0 Å². The maximum atomic E-state index is 11.0. The van der Waals surface area contributed by atoms with Crippen molar-refractivity contribution in [2.45, 2.75) is 131 Å². The van der Waals surface area contributed by atoms with Crippen LogP contribution in [0.4, 0.5) is 17.5 Å². The number of aromatic amines is 1. The zero-order valence-corrected chi connectivity index (χ0v) is 60.7. The molecule has 0 spiro atoms. The number of aromatic hydroxyl groups is 4. The molecule has 0 unspecified atom stereocenters. The fourth-order valence-electron chi connectivity index (χ4n) is 3.75. The smallest absolute Gasteiger partial charge is 0.330 e. The molecule has 17 nitrogen and oxygen atoms in total. The summed E-state index contributed by atoms with van der Waals surface area (Å²) in [4.78, 5) is 50.6. The average Bonchev–Trinajstić information content (AvgIpc) is 3.34. The van der Waals surface area contributed by atoms with Gasteiger partial charge in [0.15, 0.2) is 0 Å². The van der Waals surface area contributed by atoms with Crippen LogP contribution >= 0.6 is 22.6 Å². The SMILES string of the molecule is CC.CC.CC.CC.CC.CC.CC.CC.CCOC(=O)/C=C\c1c(O)ccnc1N.Nc1nccc(O)c1I.O=C1CCc2c(O)ccnc2N1.O=c1ccc2c(O)ccnc2[nH]1.[CH3-].[CH3-].[CH3-].[NH2-].[Y].[Y].[Y].[Y]. The fraction of sp³-hybridized carbons (Fsp3) is 0.400. The summed E-state index contributed by atoms with van der Waals surface area (Å²) < 4.78 is 5.28. The molecule has 6 heterocycles. The number of carbonyl (C=O) groups excluding carboxylic acids is 2. The van der Waals surface area contributed by atoms with E-state index in [0.717, 1.165) is 5.56 Å². The molecule has 12 N–H and O–H groups in total. The molecule has 0 aliphatic carbocycles. The first-order valence-electron chi connectivity index (χ1n) is 21.9. The Balaban J connectivity index is -0.0000000461. The van der Waals surface area contributed by atoms with Crippen molar-refractivity contribution in [3.63, 3.8) is 0 Å². The van der Waals surface area contributed by atoms with E-state index in [0.29, 0.717) is 51.3 Å². The molecular weight excluding hydrogens is 1340 g/mol. The third kappa shape index (κ3) is 48.1. The molecule has 1 aliphatic heterocycles. The number of nitrogens with one attached hydrogen (secondary N) is 2. The number of aromatic nitrogens is 5. The number of halogens is 1. The van der Waals surface area contributed by atoms with E-state index in [4.69, 9.17) is 16.6 Å². The fourth-order valence-corrected chi connectivity index (χ4v) is 4.07. The second kappa shape index (κ2) is 75.9. The standard InChI is InChI=1S/C10H12N2O3.C8H8N2O2.C8H6N2O2.C5H5IN2O.8C2H6.3CH3.H2N.4Y/c1-2-15-9(14)4-3-7-8(13)5-6-12-10(7)11;2*11-6-3-4-9-8-5(6)1-2-7(12)10-8;6-4-3(9)1-2-8-5(4)7;8*1-2;;;;;;;;/h3-6H,2H2,1H3,(H3,11,12,13);3-4H,1-2H2,(H2,9,10,11,12);1-4H,(H2,9,10,11,12);1-2H,(H3,7,8,9);8*1-2H3;3*1H3;1H2;;;;/q;;;;;;;;;;;;4*-1;;;;/b4-3-;;;;;;;;;;;;;;;;;;;. The Labute approximate surface area is 550 Å². The van der Waals surface area contributed by atoms with E-state index in [1.54, 1.807) is 6.92 Å². The molecule has 72 heavy (non-hydrogen) atoms. The molecule has 0 bridgehead atoms. The second-order valence-corrected chi connectivity index (χ2v) is 10.4. The number of hydrogen-bond donors (Lipinski definition) is 8. The molecule has 0 saturated carbocycles.